The molecule has 0 aliphatic carbocycles. The number of nitrogens with zero attached hydrogens (tertiary/aromatic N) is 1. The van der Waals surface area contributed by atoms with Crippen LogP contribution >= 0.6 is 0 Å². The first-order valence-electron chi connectivity index (χ1n) is 5.17. The largest absolute Gasteiger partial charge is 0.493 e. The number of hydrogen-bond acceptors (Lipinski definition) is 3. The highest BCUT2D eigenvalue weighted by Gasteiger charge is 2.14. The highest BCUT2D eigenvalue weighted by molar-refractivity contribution is 5.17. The first-order valence-corrected chi connectivity index (χ1v) is 5.17. The van der Waals surface area contributed by atoms with Gasteiger partial charge in [0.2, 0.25) is 5.95 Å². The third-order valence-electron chi connectivity index (χ3n) is 2.52. The Kier molecular flexibility index (Phi) is 3.50. The summed E-state index contributed by atoms with van der Waals surface area (Å²) in [6.45, 7) is 2.24. The zero-order chi connectivity index (χ0) is 10.5. The summed E-state index contributed by atoms with van der Waals surface area (Å²) < 4.78 is 23.5. The molecule has 1 aromatic heterocycles. The maximum atomic E-state index is 12.7. The lowest BCUT2D eigenvalue weighted by Crippen LogP contribution is -2.21. The molecule has 0 saturated carbocycles. The van der Waals surface area contributed by atoms with Gasteiger partial charge in [-0.2, -0.15) is 4.39 Å². The maximum Gasteiger partial charge on any atom is 0.216 e. The fraction of sp³-hybridized carbons (Fsp3) is 0.545. The lowest BCUT2D eigenvalue weighted by atomic mass is 10.0. The molecular weight excluding hydrogens is 197 g/mol. The Labute approximate surface area is 88.2 Å². The van der Waals surface area contributed by atoms with E-state index in [-0.39, 0.29) is 0 Å². The van der Waals surface area contributed by atoms with E-state index in [9.17, 15) is 4.39 Å². The van der Waals surface area contributed by atoms with E-state index in [1.54, 1.807) is 6.07 Å². The van der Waals surface area contributed by atoms with E-state index in [0.29, 0.717) is 18.3 Å². The van der Waals surface area contributed by atoms with Crippen molar-refractivity contribution in [1.29, 1.82) is 0 Å². The lowest BCUT2D eigenvalue weighted by Gasteiger charge is -2.21. The van der Waals surface area contributed by atoms with Crippen molar-refractivity contribution in [2.24, 2.45) is 5.92 Å². The Balaban J connectivity index is 1.81. The minimum absolute atomic E-state index is 0.500. The molecule has 0 atom stereocenters. The molecule has 0 bridgehead atoms. The van der Waals surface area contributed by atoms with Crippen molar-refractivity contribution in [2.75, 3.05) is 19.8 Å². The van der Waals surface area contributed by atoms with E-state index in [1.807, 2.05) is 0 Å². The van der Waals surface area contributed by atoms with Crippen LogP contribution < -0.4 is 4.74 Å². The number of pyridine rings is 1. The fourth-order valence-electron chi connectivity index (χ4n) is 1.60. The Hall–Kier alpha value is -1.16. The Morgan fingerprint density at radius 1 is 1.47 bits per heavy atom. The van der Waals surface area contributed by atoms with Crippen LogP contribution in [0.1, 0.15) is 12.8 Å². The van der Waals surface area contributed by atoms with Crippen LogP contribution in [0.15, 0.2) is 18.3 Å². The van der Waals surface area contributed by atoms with Crippen LogP contribution in [0.2, 0.25) is 0 Å². The van der Waals surface area contributed by atoms with Gasteiger partial charge >= 0.3 is 0 Å². The third-order valence-corrected chi connectivity index (χ3v) is 2.52. The number of hydrogen-bond donors (Lipinski definition) is 0. The fourth-order valence-corrected chi connectivity index (χ4v) is 1.60. The number of rotatable bonds is 3. The van der Waals surface area contributed by atoms with Gasteiger partial charge in [-0.3, -0.25) is 0 Å². The van der Waals surface area contributed by atoms with Gasteiger partial charge in [0.15, 0.2) is 0 Å². The summed E-state index contributed by atoms with van der Waals surface area (Å²) in [4.78, 5) is 3.47. The molecule has 0 N–H and O–H groups in total. The van der Waals surface area contributed by atoms with Crippen molar-refractivity contribution in [2.45, 2.75) is 12.8 Å². The minimum atomic E-state index is -0.500. The zero-order valence-corrected chi connectivity index (χ0v) is 8.49. The molecule has 2 rings (SSSR count). The first-order chi connectivity index (χ1) is 7.34. The molecule has 15 heavy (non-hydrogen) atoms. The highest BCUT2D eigenvalue weighted by Crippen LogP contribution is 2.17. The van der Waals surface area contributed by atoms with Crippen molar-refractivity contribution in [3.63, 3.8) is 0 Å². The van der Waals surface area contributed by atoms with Crippen LogP contribution in [0, 0.1) is 11.9 Å². The number of halogens is 1. The van der Waals surface area contributed by atoms with Gasteiger partial charge in [0, 0.05) is 25.5 Å². The maximum absolute atomic E-state index is 12.7. The van der Waals surface area contributed by atoms with Crippen LogP contribution in [0.25, 0.3) is 0 Å². The second-order valence-corrected chi connectivity index (χ2v) is 3.68. The van der Waals surface area contributed by atoms with Crippen LogP contribution in [-0.2, 0) is 4.74 Å². The topological polar surface area (TPSA) is 31.4 Å². The minimum Gasteiger partial charge on any atom is -0.493 e. The van der Waals surface area contributed by atoms with Crippen LogP contribution in [0.5, 0.6) is 5.75 Å². The molecule has 0 amide bonds. The van der Waals surface area contributed by atoms with E-state index in [2.05, 4.69) is 4.98 Å². The predicted octanol–water partition coefficient (Wildman–Crippen LogP) is 2.03. The molecule has 3 nitrogen and oxygen atoms in total. The van der Waals surface area contributed by atoms with E-state index in [1.165, 1.54) is 12.3 Å². The summed E-state index contributed by atoms with van der Waals surface area (Å²) in [6, 6.07) is 2.97. The van der Waals surface area contributed by atoms with Gasteiger partial charge in [0.1, 0.15) is 5.75 Å². The van der Waals surface area contributed by atoms with Gasteiger partial charge in [-0.05, 0) is 24.8 Å². The molecule has 1 aliphatic heterocycles. The van der Waals surface area contributed by atoms with Crippen LogP contribution in [0.3, 0.4) is 0 Å². The van der Waals surface area contributed by atoms with E-state index >= 15 is 0 Å². The van der Waals surface area contributed by atoms with Crippen molar-refractivity contribution in [3.8, 4) is 5.75 Å². The molecule has 0 spiro atoms. The standard InChI is InChI=1S/C11H14FNO2/c12-11-7-10(1-4-13-11)15-8-9-2-5-14-6-3-9/h1,4,7,9H,2-3,5-6,8H2. The Morgan fingerprint density at radius 3 is 3.00 bits per heavy atom. The van der Waals surface area contributed by atoms with Crippen molar-refractivity contribution < 1.29 is 13.9 Å². The Bertz CT molecular complexity index is 313. The summed E-state index contributed by atoms with van der Waals surface area (Å²) >= 11 is 0. The molecule has 82 valence electrons. The van der Waals surface area contributed by atoms with E-state index < -0.39 is 5.95 Å². The van der Waals surface area contributed by atoms with Crippen LogP contribution in [0.4, 0.5) is 4.39 Å². The number of ether oxygens (including phenoxy) is 2. The summed E-state index contributed by atoms with van der Waals surface area (Å²) in [5, 5.41) is 0. The predicted molar refractivity (Wildman–Crippen MR) is 53.2 cm³/mol. The molecule has 0 aromatic carbocycles. The molecule has 4 heteroatoms. The zero-order valence-electron chi connectivity index (χ0n) is 8.49. The third kappa shape index (κ3) is 3.16. The van der Waals surface area contributed by atoms with Gasteiger partial charge in [-0.15, -0.1) is 0 Å². The van der Waals surface area contributed by atoms with Crippen molar-refractivity contribution in [3.05, 3.63) is 24.3 Å². The Morgan fingerprint density at radius 2 is 2.27 bits per heavy atom. The second-order valence-electron chi connectivity index (χ2n) is 3.68. The van der Waals surface area contributed by atoms with Crippen molar-refractivity contribution >= 4 is 0 Å². The summed E-state index contributed by atoms with van der Waals surface area (Å²) in [7, 11) is 0. The molecule has 1 aromatic rings. The van der Waals surface area contributed by atoms with Crippen LogP contribution in [-0.4, -0.2) is 24.8 Å². The molecule has 2 heterocycles. The van der Waals surface area contributed by atoms with Gasteiger partial charge in [-0.25, -0.2) is 4.98 Å². The highest BCUT2D eigenvalue weighted by atomic mass is 19.1. The average Bonchev–Trinajstić information content (AvgIpc) is 2.28. The normalized spacial score (nSPS) is 17.7. The SMILES string of the molecule is Fc1cc(OCC2CCOCC2)ccn1. The molecular formula is C11H14FNO2. The summed E-state index contributed by atoms with van der Waals surface area (Å²) in [6.07, 6.45) is 3.45. The smallest absolute Gasteiger partial charge is 0.216 e. The summed E-state index contributed by atoms with van der Waals surface area (Å²) in [5.41, 5.74) is 0. The first kappa shape index (κ1) is 10.4. The van der Waals surface area contributed by atoms with E-state index in [0.717, 1.165) is 26.1 Å². The van der Waals surface area contributed by atoms with E-state index in [4.69, 9.17) is 9.47 Å². The van der Waals surface area contributed by atoms with Gasteiger partial charge < -0.3 is 9.47 Å². The average molecular weight is 211 g/mol. The molecule has 0 unspecified atom stereocenters. The molecule has 1 aliphatic rings. The molecule has 1 saturated heterocycles. The molecule has 0 radical (unpaired) electrons. The second kappa shape index (κ2) is 5.07. The molecule has 1 fully saturated rings. The van der Waals surface area contributed by atoms with Gasteiger partial charge in [0.25, 0.3) is 0 Å². The summed E-state index contributed by atoms with van der Waals surface area (Å²) in [5.74, 6) is 0.573. The lowest BCUT2D eigenvalue weighted by molar-refractivity contribution is 0.0497. The van der Waals surface area contributed by atoms with Crippen molar-refractivity contribution in [1.82, 2.24) is 4.98 Å². The quantitative estimate of drug-likeness (QED) is 0.717. The van der Waals surface area contributed by atoms with Gasteiger partial charge in [0.05, 0.1) is 6.61 Å². The number of aromatic nitrogens is 1. The monoisotopic (exact) mass is 211 g/mol. The van der Waals surface area contributed by atoms with Gasteiger partial charge in [-0.1, -0.05) is 0 Å².